The topological polar surface area (TPSA) is 80.5 Å². The Kier molecular flexibility index (Phi) is 2.79. The van der Waals surface area contributed by atoms with Crippen molar-refractivity contribution in [1.29, 1.82) is 0 Å². The lowest BCUT2D eigenvalue weighted by Gasteiger charge is -2.20. The molecule has 5 heteroatoms. The Balaban J connectivity index is 2.56. The van der Waals surface area contributed by atoms with Gasteiger partial charge in [-0.2, -0.15) is 0 Å². The highest BCUT2D eigenvalue weighted by molar-refractivity contribution is 6.04. The number of carbonyl (C=O) groups is 3. The van der Waals surface area contributed by atoms with Crippen LogP contribution in [-0.2, 0) is 14.4 Å². The summed E-state index contributed by atoms with van der Waals surface area (Å²) < 4.78 is 0. The maximum absolute atomic E-state index is 11.1. The molecule has 1 rings (SSSR count). The number of nitrogens with zero attached hydrogens (tertiary/aromatic N) is 1. The maximum Gasteiger partial charge on any atom is 0.252 e. The highest BCUT2D eigenvalue weighted by Crippen LogP contribution is 2.05. The van der Waals surface area contributed by atoms with E-state index >= 15 is 0 Å². The monoisotopic (exact) mass is 182 g/mol. The molecule has 0 aromatic rings. The lowest BCUT2D eigenvalue weighted by Crippen LogP contribution is -2.39. The molecule has 0 radical (unpaired) electrons. The zero-order chi connectivity index (χ0) is 9.84. The second-order valence-corrected chi connectivity index (χ2v) is 2.71. The first-order valence-corrected chi connectivity index (χ1v) is 3.90. The second kappa shape index (κ2) is 3.84. The lowest BCUT2D eigenvalue weighted by atomic mass is 10.2. The van der Waals surface area contributed by atoms with Gasteiger partial charge in [0.05, 0.1) is 0 Å². The number of rotatable bonds is 3. The molecule has 1 aliphatic heterocycles. The Morgan fingerprint density at radius 3 is 2.77 bits per heavy atom. The van der Waals surface area contributed by atoms with Crippen LogP contribution in [0.1, 0.15) is 12.8 Å². The summed E-state index contributed by atoms with van der Waals surface area (Å²) >= 11 is 0. The van der Waals surface area contributed by atoms with Crippen LogP contribution in [0.4, 0.5) is 0 Å². The van der Waals surface area contributed by atoms with E-state index in [4.69, 9.17) is 5.73 Å². The van der Waals surface area contributed by atoms with E-state index in [2.05, 4.69) is 0 Å². The fraction of sp³-hybridized carbons (Fsp3) is 0.375. The van der Waals surface area contributed by atoms with Crippen LogP contribution in [0.5, 0.6) is 0 Å². The molecule has 0 fully saturated rings. The second-order valence-electron chi connectivity index (χ2n) is 2.71. The summed E-state index contributed by atoms with van der Waals surface area (Å²) in [5, 5.41) is 0. The SMILES string of the molecule is NC(=O)CCN1C(=O)C=CCC1=O. The van der Waals surface area contributed by atoms with Gasteiger partial charge in [-0.05, 0) is 0 Å². The summed E-state index contributed by atoms with van der Waals surface area (Å²) in [4.78, 5) is 33.6. The highest BCUT2D eigenvalue weighted by Gasteiger charge is 2.21. The van der Waals surface area contributed by atoms with Gasteiger partial charge >= 0.3 is 0 Å². The van der Waals surface area contributed by atoms with Crippen molar-refractivity contribution in [2.24, 2.45) is 5.73 Å². The standard InChI is InChI=1S/C8H10N2O3/c9-6(11)4-5-10-7(12)2-1-3-8(10)13/h1-2H,3-5H2,(H2,9,11). The number of hydrogen-bond donors (Lipinski definition) is 1. The minimum absolute atomic E-state index is 0.0192. The molecule has 5 nitrogen and oxygen atoms in total. The predicted octanol–water partition coefficient (Wildman–Crippen LogP) is -0.823. The third kappa shape index (κ3) is 2.40. The molecule has 0 spiro atoms. The fourth-order valence-electron chi connectivity index (χ4n) is 1.04. The van der Waals surface area contributed by atoms with Crippen LogP contribution in [0.2, 0.25) is 0 Å². The van der Waals surface area contributed by atoms with Gasteiger partial charge < -0.3 is 5.73 Å². The molecule has 0 bridgehead atoms. The molecule has 0 aliphatic carbocycles. The van der Waals surface area contributed by atoms with Gasteiger partial charge in [-0.15, -0.1) is 0 Å². The van der Waals surface area contributed by atoms with E-state index in [1.165, 1.54) is 12.2 Å². The Bertz CT molecular complexity index is 283. The zero-order valence-electron chi connectivity index (χ0n) is 7.03. The van der Waals surface area contributed by atoms with Crippen LogP contribution in [0.25, 0.3) is 0 Å². The Morgan fingerprint density at radius 2 is 2.23 bits per heavy atom. The summed E-state index contributed by atoms with van der Waals surface area (Å²) in [6.07, 6.45) is 3.06. The summed E-state index contributed by atoms with van der Waals surface area (Å²) in [6, 6.07) is 0. The van der Waals surface area contributed by atoms with Crippen molar-refractivity contribution in [3.05, 3.63) is 12.2 Å². The van der Waals surface area contributed by atoms with Crippen molar-refractivity contribution < 1.29 is 14.4 Å². The molecule has 70 valence electrons. The molecule has 0 atom stereocenters. The summed E-state index contributed by atoms with van der Waals surface area (Å²) in [6.45, 7) is 0.0807. The molecular weight excluding hydrogens is 172 g/mol. The first kappa shape index (κ1) is 9.44. The Morgan fingerprint density at radius 1 is 1.54 bits per heavy atom. The van der Waals surface area contributed by atoms with Crippen molar-refractivity contribution in [3.8, 4) is 0 Å². The van der Waals surface area contributed by atoms with E-state index in [0.29, 0.717) is 0 Å². The van der Waals surface area contributed by atoms with Gasteiger partial charge in [-0.25, -0.2) is 0 Å². The van der Waals surface area contributed by atoms with Crippen LogP contribution in [0.3, 0.4) is 0 Å². The van der Waals surface area contributed by atoms with Crippen LogP contribution < -0.4 is 5.73 Å². The van der Waals surface area contributed by atoms with E-state index in [1.54, 1.807) is 0 Å². The van der Waals surface area contributed by atoms with Crippen molar-refractivity contribution in [3.63, 3.8) is 0 Å². The Hall–Kier alpha value is -1.65. The number of imide groups is 1. The summed E-state index contributed by atoms with van der Waals surface area (Å²) in [5.41, 5.74) is 4.89. The van der Waals surface area contributed by atoms with Gasteiger partial charge in [0, 0.05) is 25.5 Å². The van der Waals surface area contributed by atoms with Crippen molar-refractivity contribution in [2.45, 2.75) is 12.8 Å². The largest absolute Gasteiger partial charge is 0.370 e. The molecule has 0 unspecified atom stereocenters. The molecule has 0 aromatic heterocycles. The van der Waals surface area contributed by atoms with E-state index in [-0.39, 0.29) is 31.2 Å². The lowest BCUT2D eigenvalue weighted by molar-refractivity contribution is -0.142. The molecule has 0 saturated carbocycles. The van der Waals surface area contributed by atoms with Crippen molar-refractivity contribution in [1.82, 2.24) is 4.90 Å². The smallest absolute Gasteiger partial charge is 0.252 e. The number of nitrogens with two attached hydrogens (primary N) is 1. The summed E-state index contributed by atoms with van der Waals surface area (Å²) in [5.74, 6) is -1.18. The molecule has 0 saturated heterocycles. The molecule has 1 heterocycles. The van der Waals surface area contributed by atoms with Crippen molar-refractivity contribution >= 4 is 17.7 Å². The molecule has 1 aliphatic rings. The Labute approximate surface area is 75.2 Å². The van der Waals surface area contributed by atoms with Gasteiger partial charge in [0.25, 0.3) is 5.91 Å². The third-order valence-electron chi connectivity index (χ3n) is 1.70. The normalized spacial score (nSPS) is 16.5. The molecule has 3 amide bonds. The van der Waals surface area contributed by atoms with Crippen molar-refractivity contribution in [2.75, 3.05) is 6.54 Å². The molecular formula is C8H10N2O3. The van der Waals surface area contributed by atoms with E-state index in [9.17, 15) is 14.4 Å². The van der Waals surface area contributed by atoms with Gasteiger partial charge in [0.2, 0.25) is 11.8 Å². The molecule has 13 heavy (non-hydrogen) atoms. The molecule has 2 N–H and O–H groups in total. The quantitative estimate of drug-likeness (QED) is 0.579. The van der Waals surface area contributed by atoms with E-state index in [0.717, 1.165) is 4.90 Å². The average Bonchev–Trinajstić information content (AvgIpc) is 2.03. The average molecular weight is 182 g/mol. The van der Waals surface area contributed by atoms with Gasteiger partial charge in [-0.1, -0.05) is 6.08 Å². The van der Waals surface area contributed by atoms with Gasteiger partial charge in [0.15, 0.2) is 0 Å². The number of carbonyl (C=O) groups excluding carboxylic acids is 3. The van der Waals surface area contributed by atoms with Gasteiger partial charge in [0.1, 0.15) is 0 Å². The third-order valence-corrected chi connectivity index (χ3v) is 1.70. The first-order valence-electron chi connectivity index (χ1n) is 3.90. The van der Waals surface area contributed by atoms with Crippen LogP contribution in [0.15, 0.2) is 12.2 Å². The number of hydrogen-bond acceptors (Lipinski definition) is 3. The first-order chi connectivity index (χ1) is 6.11. The highest BCUT2D eigenvalue weighted by atomic mass is 16.2. The predicted molar refractivity (Wildman–Crippen MR) is 44.3 cm³/mol. The zero-order valence-corrected chi connectivity index (χ0v) is 7.03. The minimum Gasteiger partial charge on any atom is -0.370 e. The van der Waals surface area contributed by atoms with Crippen LogP contribution in [0, 0.1) is 0 Å². The van der Waals surface area contributed by atoms with Crippen LogP contribution >= 0.6 is 0 Å². The van der Waals surface area contributed by atoms with E-state index < -0.39 is 5.91 Å². The van der Waals surface area contributed by atoms with E-state index in [1.807, 2.05) is 0 Å². The maximum atomic E-state index is 11.1. The summed E-state index contributed by atoms with van der Waals surface area (Å²) in [7, 11) is 0. The van der Waals surface area contributed by atoms with Crippen LogP contribution in [-0.4, -0.2) is 29.2 Å². The van der Waals surface area contributed by atoms with Gasteiger partial charge in [-0.3, -0.25) is 19.3 Å². The fourth-order valence-corrected chi connectivity index (χ4v) is 1.04. The molecule has 0 aromatic carbocycles. The minimum atomic E-state index is -0.518. The number of amides is 3. The number of primary amides is 1.